The zero-order chi connectivity index (χ0) is 13.4. The summed E-state index contributed by atoms with van der Waals surface area (Å²) in [5.74, 6) is -2.41. The molecule has 1 aromatic carbocycles. The highest BCUT2D eigenvalue weighted by Crippen LogP contribution is 2.34. The van der Waals surface area contributed by atoms with Crippen LogP contribution in [0.5, 0.6) is 0 Å². The molecular weight excluding hydrogens is 346 g/mol. The third-order valence-electron chi connectivity index (χ3n) is 2.38. The van der Waals surface area contributed by atoms with Crippen molar-refractivity contribution in [3.63, 3.8) is 0 Å². The summed E-state index contributed by atoms with van der Waals surface area (Å²) >= 11 is 9.93. The molecular formula is C12H6BrClF2OS. The molecule has 1 heterocycles. The molecule has 0 amide bonds. The zero-order valence-electron chi connectivity index (χ0n) is 9.06. The Morgan fingerprint density at radius 3 is 2.61 bits per heavy atom. The van der Waals surface area contributed by atoms with Gasteiger partial charge in [-0.15, -0.1) is 11.3 Å². The summed E-state index contributed by atoms with van der Waals surface area (Å²) in [6, 6.07) is 3.82. The molecule has 94 valence electrons. The normalized spacial score (nSPS) is 10.7. The SMILES string of the molecule is Cc1ccc(F)c(C(=O)c2cc(Br)c(Cl)s2)c1F. The van der Waals surface area contributed by atoms with Crippen LogP contribution in [0.2, 0.25) is 4.34 Å². The van der Waals surface area contributed by atoms with Crippen LogP contribution in [0.15, 0.2) is 22.7 Å². The van der Waals surface area contributed by atoms with E-state index in [-0.39, 0.29) is 10.4 Å². The monoisotopic (exact) mass is 350 g/mol. The van der Waals surface area contributed by atoms with Gasteiger partial charge in [-0.05, 0) is 40.5 Å². The van der Waals surface area contributed by atoms with Gasteiger partial charge in [0.1, 0.15) is 16.0 Å². The second-order valence-corrected chi connectivity index (χ2v) is 6.12. The number of thiophene rings is 1. The third kappa shape index (κ3) is 2.35. The molecule has 6 heteroatoms. The average molecular weight is 352 g/mol. The first-order chi connectivity index (χ1) is 8.41. The Morgan fingerprint density at radius 1 is 1.39 bits per heavy atom. The van der Waals surface area contributed by atoms with Crippen LogP contribution >= 0.6 is 38.9 Å². The minimum atomic E-state index is -0.872. The van der Waals surface area contributed by atoms with Crippen LogP contribution in [0.4, 0.5) is 8.78 Å². The molecule has 0 unspecified atom stereocenters. The van der Waals surface area contributed by atoms with Crippen LogP contribution in [-0.4, -0.2) is 5.78 Å². The fourth-order valence-electron chi connectivity index (χ4n) is 1.45. The third-order valence-corrected chi connectivity index (χ3v) is 4.85. The highest BCUT2D eigenvalue weighted by Gasteiger charge is 2.22. The van der Waals surface area contributed by atoms with Gasteiger partial charge in [-0.1, -0.05) is 17.7 Å². The lowest BCUT2D eigenvalue weighted by molar-refractivity contribution is 0.103. The molecule has 0 atom stereocenters. The predicted molar refractivity (Wildman–Crippen MR) is 71.6 cm³/mol. The Labute approximate surface area is 120 Å². The van der Waals surface area contributed by atoms with Crippen LogP contribution in [0.25, 0.3) is 0 Å². The van der Waals surface area contributed by atoms with Crippen molar-refractivity contribution in [2.45, 2.75) is 6.92 Å². The molecule has 1 aromatic heterocycles. The lowest BCUT2D eigenvalue weighted by Crippen LogP contribution is -2.07. The van der Waals surface area contributed by atoms with E-state index in [4.69, 9.17) is 11.6 Å². The van der Waals surface area contributed by atoms with Crippen molar-refractivity contribution in [1.82, 2.24) is 0 Å². The second kappa shape index (κ2) is 5.07. The van der Waals surface area contributed by atoms with Crippen LogP contribution in [0.3, 0.4) is 0 Å². The number of rotatable bonds is 2. The van der Waals surface area contributed by atoms with Crippen LogP contribution < -0.4 is 0 Å². The number of carbonyl (C=O) groups is 1. The maximum atomic E-state index is 13.8. The van der Waals surface area contributed by atoms with Crippen LogP contribution in [-0.2, 0) is 0 Å². The fourth-order valence-corrected chi connectivity index (χ4v) is 3.09. The Hall–Kier alpha value is -0.780. The second-order valence-electron chi connectivity index (χ2n) is 3.61. The molecule has 0 aliphatic rings. The molecule has 0 aliphatic heterocycles. The van der Waals surface area contributed by atoms with E-state index >= 15 is 0 Å². The molecule has 0 bridgehead atoms. The summed E-state index contributed by atoms with van der Waals surface area (Å²) in [6.45, 7) is 1.48. The molecule has 0 N–H and O–H groups in total. The first-order valence-electron chi connectivity index (χ1n) is 4.86. The fraction of sp³-hybridized carbons (Fsp3) is 0.0833. The summed E-state index contributed by atoms with van der Waals surface area (Å²) in [6.07, 6.45) is 0. The van der Waals surface area contributed by atoms with E-state index in [2.05, 4.69) is 15.9 Å². The quantitative estimate of drug-likeness (QED) is 0.697. The van der Waals surface area contributed by atoms with E-state index in [1.165, 1.54) is 19.1 Å². The highest BCUT2D eigenvalue weighted by molar-refractivity contribution is 9.10. The van der Waals surface area contributed by atoms with Gasteiger partial charge in [-0.3, -0.25) is 4.79 Å². The Bertz CT molecular complexity index is 620. The molecule has 1 nitrogen and oxygen atoms in total. The van der Waals surface area contributed by atoms with E-state index in [9.17, 15) is 13.6 Å². The van der Waals surface area contributed by atoms with Gasteiger partial charge >= 0.3 is 0 Å². The van der Waals surface area contributed by atoms with E-state index in [1.807, 2.05) is 0 Å². The molecule has 18 heavy (non-hydrogen) atoms. The van der Waals surface area contributed by atoms with Crippen LogP contribution in [0.1, 0.15) is 20.8 Å². The van der Waals surface area contributed by atoms with Gasteiger partial charge in [-0.2, -0.15) is 0 Å². The summed E-state index contributed by atoms with van der Waals surface area (Å²) in [5, 5.41) is 0. The summed E-state index contributed by atoms with van der Waals surface area (Å²) in [5.41, 5.74) is -0.318. The van der Waals surface area contributed by atoms with Crippen molar-refractivity contribution in [2.24, 2.45) is 0 Å². The molecule has 0 radical (unpaired) electrons. The minimum absolute atomic E-state index is 0.190. The Balaban J connectivity index is 2.56. The summed E-state index contributed by atoms with van der Waals surface area (Å²) in [4.78, 5) is 12.2. The van der Waals surface area contributed by atoms with Crippen molar-refractivity contribution in [3.05, 3.63) is 54.6 Å². The number of aryl methyl sites for hydroxylation is 1. The molecule has 0 saturated carbocycles. The first kappa shape index (κ1) is 13.6. The number of halogens is 4. The number of hydrogen-bond acceptors (Lipinski definition) is 2. The van der Waals surface area contributed by atoms with Gasteiger partial charge < -0.3 is 0 Å². The maximum absolute atomic E-state index is 13.8. The van der Waals surface area contributed by atoms with Gasteiger partial charge in [0.25, 0.3) is 0 Å². The van der Waals surface area contributed by atoms with Crippen molar-refractivity contribution < 1.29 is 13.6 Å². The molecule has 0 fully saturated rings. The average Bonchev–Trinajstić information content (AvgIpc) is 2.65. The number of ketones is 1. The minimum Gasteiger partial charge on any atom is -0.287 e. The Morgan fingerprint density at radius 2 is 2.06 bits per heavy atom. The summed E-state index contributed by atoms with van der Waals surface area (Å²) < 4.78 is 28.3. The number of hydrogen-bond donors (Lipinski definition) is 0. The lowest BCUT2D eigenvalue weighted by atomic mass is 10.0. The maximum Gasteiger partial charge on any atom is 0.208 e. The molecule has 0 aliphatic carbocycles. The van der Waals surface area contributed by atoms with Gasteiger partial charge in [0.05, 0.1) is 10.4 Å². The predicted octanol–water partition coefficient (Wildman–Crippen LogP) is 4.98. The summed E-state index contributed by atoms with van der Waals surface area (Å²) in [7, 11) is 0. The molecule has 2 rings (SSSR count). The first-order valence-corrected chi connectivity index (χ1v) is 6.84. The topological polar surface area (TPSA) is 17.1 Å². The van der Waals surface area contributed by atoms with Crippen molar-refractivity contribution in [3.8, 4) is 0 Å². The van der Waals surface area contributed by atoms with Gasteiger partial charge in [0.15, 0.2) is 0 Å². The van der Waals surface area contributed by atoms with Gasteiger partial charge in [-0.25, -0.2) is 8.78 Å². The number of carbonyl (C=O) groups excluding carboxylic acids is 1. The zero-order valence-corrected chi connectivity index (χ0v) is 12.2. The largest absolute Gasteiger partial charge is 0.287 e. The smallest absolute Gasteiger partial charge is 0.208 e. The molecule has 0 spiro atoms. The van der Waals surface area contributed by atoms with E-state index in [0.29, 0.717) is 8.81 Å². The van der Waals surface area contributed by atoms with Gasteiger partial charge in [0, 0.05) is 4.47 Å². The highest BCUT2D eigenvalue weighted by atomic mass is 79.9. The standard InChI is InChI=1S/C12H6BrClF2OS/c1-5-2-3-7(15)9(10(5)16)11(17)8-4-6(13)12(14)18-8/h2-4H,1H3. The molecule has 0 saturated heterocycles. The van der Waals surface area contributed by atoms with Crippen molar-refractivity contribution in [2.75, 3.05) is 0 Å². The molecule has 2 aromatic rings. The van der Waals surface area contributed by atoms with Gasteiger partial charge in [0.2, 0.25) is 5.78 Å². The van der Waals surface area contributed by atoms with Crippen LogP contribution in [0, 0.1) is 18.6 Å². The number of benzene rings is 1. The van der Waals surface area contributed by atoms with E-state index < -0.39 is 23.0 Å². The van der Waals surface area contributed by atoms with E-state index in [1.54, 1.807) is 0 Å². The Kier molecular flexibility index (Phi) is 3.84. The lowest BCUT2D eigenvalue weighted by Gasteiger charge is -2.04. The van der Waals surface area contributed by atoms with Crippen molar-refractivity contribution in [1.29, 1.82) is 0 Å². The van der Waals surface area contributed by atoms with E-state index in [0.717, 1.165) is 17.4 Å². The van der Waals surface area contributed by atoms with Crippen molar-refractivity contribution >= 4 is 44.7 Å².